The summed E-state index contributed by atoms with van der Waals surface area (Å²) < 4.78 is 6.06. The van der Waals surface area contributed by atoms with E-state index < -0.39 is 0 Å². The largest absolute Gasteiger partial charge is 0.378 e. The lowest BCUT2D eigenvalue weighted by atomic mass is 9.98. The Morgan fingerprint density at radius 1 is 1.24 bits per heavy atom. The molecule has 1 N–H and O–H groups in total. The third kappa shape index (κ3) is 3.57. The van der Waals surface area contributed by atoms with Crippen molar-refractivity contribution in [3.05, 3.63) is 29.8 Å². The zero-order valence-corrected chi connectivity index (χ0v) is 13.4. The van der Waals surface area contributed by atoms with Gasteiger partial charge in [0.1, 0.15) is 0 Å². The van der Waals surface area contributed by atoms with Crippen molar-refractivity contribution in [1.29, 1.82) is 0 Å². The van der Waals surface area contributed by atoms with E-state index in [-0.39, 0.29) is 6.10 Å². The highest BCUT2D eigenvalue weighted by atomic mass is 16.5. The Bertz CT molecular complexity index is 456. The van der Waals surface area contributed by atoms with Gasteiger partial charge in [-0.3, -0.25) is 4.90 Å². The van der Waals surface area contributed by atoms with Crippen molar-refractivity contribution in [3.8, 4) is 0 Å². The fraction of sp³-hybridized carbons (Fsp3) is 0.647. The van der Waals surface area contributed by atoms with E-state index in [0.717, 1.165) is 25.7 Å². The summed E-state index contributed by atoms with van der Waals surface area (Å²) in [5.41, 5.74) is 2.59. The first-order valence-electron chi connectivity index (χ1n) is 7.97. The number of likely N-dealkylation sites (N-methyl/N-ethyl adjacent to an activating group) is 1. The molecule has 1 heterocycles. The second-order valence-corrected chi connectivity index (χ2v) is 6.50. The molecule has 4 nitrogen and oxygen atoms in total. The van der Waals surface area contributed by atoms with Gasteiger partial charge >= 0.3 is 0 Å². The lowest BCUT2D eigenvalue weighted by Gasteiger charge is -2.39. The van der Waals surface area contributed by atoms with Gasteiger partial charge < -0.3 is 15.0 Å². The molecule has 2 unspecified atom stereocenters. The van der Waals surface area contributed by atoms with E-state index in [4.69, 9.17) is 4.74 Å². The molecule has 1 aliphatic carbocycles. The summed E-state index contributed by atoms with van der Waals surface area (Å²) in [5.74, 6) is 0. The smallest absolute Gasteiger partial charge is 0.0896 e. The Morgan fingerprint density at radius 2 is 1.95 bits per heavy atom. The summed E-state index contributed by atoms with van der Waals surface area (Å²) in [5, 5.41) is 3.62. The van der Waals surface area contributed by atoms with Crippen LogP contribution >= 0.6 is 0 Å². The number of nitrogens with one attached hydrogen (secondary N) is 1. The van der Waals surface area contributed by atoms with E-state index in [2.05, 4.69) is 60.5 Å². The molecule has 0 radical (unpaired) electrons. The Balaban J connectivity index is 1.73. The Morgan fingerprint density at radius 3 is 2.57 bits per heavy atom. The van der Waals surface area contributed by atoms with Crippen LogP contribution in [0.3, 0.4) is 0 Å². The number of ether oxygens (including phenoxy) is 1. The van der Waals surface area contributed by atoms with Gasteiger partial charge in [-0.05, 0) is 37.6 Å². The maximum Gasteiger partial charge on any atom is 0.0896 e. The molecule has 116 valence electrons. The van der Waals surface area contributed by atoms with E-state index in [0.29, 0.717) is 6.04 Å². The Kier molecular flexibility index (Phi) is 4.48. The van der Waals surface area contributed by atoms with Gasteiger partial charge in [0.05, 0.1) is 18.8 Å². The first-order valence-corrected chi connectivity index (χ1v) is 7.97. The average molecular weight is 289 g/mol. The van der Waals surface area contributed by atoms with Gasteiger partial charge in [-0.15, -0.1) is 0 Å². The molecule has 2 fully saturated rings. The molecule has 3 rings (SSSR count). The van der Waals surface area contributed by atoms with Crippen LogP contribution in [0, 0.1) is 0 Å². The van der Waals surface area contributed by atoms with Gasteiger partial charge in [-0.1, -0.05) is 12.1 Å². The summed E-state index contributed by atoms with van der Waals surface area (Å²) >= 11 is 0. The van der Waals surface area contributed by atoms with Gasteiger partial charge in [0.15, 0.2) is 0 Å². The van der Waals surface area contributed by atoms with E-state index in [1.165, 1.54) is 24.1 Å². The van der Waals surface area contributed by atoms with E-state index in [1.807, 2.05) is 0 Å². The minimum absolute atomic E-state index is 0.245. The van der Waals surface area contributed by atoms with Gasteiger partial charge in [0.25, 0.3) is 0 Å². The zero-order chi connectivity index (χ0) is 14.8. The fourth-order valence-electron chi connectivity index (χ4n) is 3.04. The number of anilines is 1. The van der Waals surface area contributed by atoms with E-state index in [1.54, 1.807) is 0 Å². The topological polar surface area (TPSA) is 27.7 Å². The lowest BCUT2D eigenvalue weighted by molar-refractivity contribution is -0.0615. The van der Waals surface area contributed by atoms with Gasteiger partial charge in [-0.2, -0.15) is 0 Å². The number of morpholine rings is 1. The summed E-state index contributed by atoms with van der Waals surface area (Å²) in [7, 11) is 6.36. The van der Waals surface area contributed by atoms with Crippen LogP contribution in [0.2, 0.25) is 0 Å². The molecule has 1 saturated carbocycles. The molecule has 4 heteroatoms. The Labute approximate surface area is 128 Å². The Hall–Kier alpha value is -1.10. The highest BCUT2D eigenvalue weighted by molar-refractivity contribution is 5.46. The molecule has 0 amide bonds. The minimum atomic E-state index is 0.245. The molecule has 21 heavy (non-hydrogen) atoms. The molecule has 0 bridgehead atoms. The summed E-state index contributed by atoms with van der Waals surface area (Å²) in [6.07, 6.45) is 2.89. The lowest BCUT2D eigenvalue weighted by Crippen LogP contribution is -2.47. The molecule has 1 aromatic rings. The fourth-order valence-corrected chi connectivity index (χ4v) is 3.04. The molecular weight excluding hydrogens is 262 g/mol. The van der Waals surface area contributed by atoms with Crippen molar-refractivity contribution in [2.75, 3.05) is 45.7 Å². The maximum absolute atomic E-state index is 6.06. The number of rotatable bonds is 5. The van der Waals surface area contributed by atoms with E-state index in [9.17, 15) is 0 Å². The second-order valence-electron chi connectivity index (χ2n) is 6.50. The van der Waals surface area contributed by atoms with Crippen molar-refractivity contribution in [1.82, 2.24) is 10.2 Å². The molecule has 1 aromatic carbocycles. The monoisotopic (exact) mass is 289 g/mol. The van der Waals surface area contributed by atoms with Crippen LogP contribution in [0.4, 0.5) is 5.69 Å². The van der Waals surface area contributed by atoms with Crippen molar-refractivity contribution in [2.24, 2.45) is 0 Å². The van der Waals surface area contributed by atoms with Gasteiger partial charge in [0, 0.05) is 38.9 Å². The van der Waals surface area contributed by atoms with Crippen molar-refractivity contribution in [3.63, 3.8) is 0 Å². The summed E-state index contributed by atoms with van der Waals surface area (Å²) in [6, 6.07) is 9.97. The van der Waals surface area contributed by atoms with Crippen LogP contribution in [0.25, 0.3) is 0 Å². The highest BCUT2D eigenvalue weighted by Crippen LogP contribution is 2.30. The predicted molar refractivity (Wildman–Crippen MR) is 86.9 cm³/mol. The summed E-state index contributed by atoms with van der Waals surface area (Å²) in [6.45, 7) is 2.79. The van der Waals surface area contributed by atoms with Crippen molar-refractivity contribution in [2.45, 2.75) is 31.0 Å². The van der Waals surface area contributed by atoms with Crippen LogP contribution in [-0.4, -0.2) is 57.9 Å². The van der Waals surface area contributed by atoms with Crippen LogP contribution in [0.5, 0.6) is 0 Å². The van der Waals surface area contributed by atoms with E-state index >= 15 is 0 Å². The second kappa shape index (κ2) is 6.34. The third-order valence-electron chi connectivity index (χ3n) is 4.54. The van der Waals surface area contributed by atoms with Crippen LogP contribution in [0.15, 0.2) is 24.3 Å². The maximum atomic E-state index is 6.06. The predicted octanol–water partition coefficient (Wildman–Crippen LogP) is 1.88. The van der Waals surface area contributed by atoms with Gasteiger partial charge in [0.2, 0.25) is 0 Å². The first kappa shape index (κ1) is 14.8. The number of nitrogens with zero attached hydrogens (tertiary/aromatic N) is 2. The van der Waals surface area contributed by atoms with Crippen molar-refractivity contribution < 1.29 is 4.74 Å². The third-order valence-corrected chi connectivity index (χ3v) is 4.54. The summed E-state index contributed by atoms with van der Waals surface area (Å²) in [4.78, 5) is 4.56. The first-order chi connectivity index (χ1) is 10.1. The van der Waals surface area contributed by atoms with Crippen LogP contribution in [-0.2, 0) is 4.74 Å². The minimum Gasteiger partial charge on any atom is -0.378 e. The SMILES string of the molecule is CN(C)c1ccc(C2C(CNC3CC3)OCCN2C)cc1. The van der Waals surface area contributed by atoms with Crippen LogP contribution in [0.1, 0.15) is 24.4 Å². The molecule has 0 aromatic heterocycles. The normalized spacial score (nSPS) is 26.8. The van der Waals surface area contributed by atoms with Crippen LogP contribution < -0.4 is 10.2 Å². The molecule has 2 atom stereocenters. The molecule has 2 aliphatic rings. The number of benzene rings is 1. The molecular formula is C17H27N3O. The number of hydrogen-bond donors (Lipinski definition) is 1. The van der Waals surface area contributed by atoms with Crippen molar-refractivity contribution >= 4 is 5.69 Å². The zero-order valence-electron chi connectivity index (χ0n) is 13.4. The average Bonchev–Trinajstić information content (AvgIpc) is 3.29. The highest BCUT2D eigenvalue weighted by Gasteiger charge is 2.32. The van der Waals surface area contributed by atoms with Gasteiger partial charge in [-0.25, -0.2) is 0 Å². The molecule has 1 aliphatic heterocycles. The molecule has 1 saturated heterocycles. The number of hydrogen-bond acceptors (Lipinski definition) is 4. The quantitative estimate of drug-likeness (QED) is 0.896. The standard InChI is InChI=1S/C17H27N3O/c1-19(2)15-8-4-13(5-9-15)17-16(12-18-14-6-7-14)21-11-10-20(17)3/h4-5,8-9,14,16-18H,6-7,10-12H2,1-3H3. The molecule has 0 spiro atoms.